The minimum Gasteiger partial charge on any atom is -0.481 e. The molecule has 0 atom stereocenters. The zero-order valence-corrected chi connectivity index (χ0v) is 16.4. The third-order valence-electron chi connectivity index (χ3n) is 5.96. The van der Waals surface area contributed by atoms with Gasteiger partial charge in [0, 0.05) is 12.5 Å². The second-order valence-corrected chi connectivity index (χ2v) is 7.74. The molecule has 3 aromatic rings. The van der Waals surface area contributed by atoms with Crippen LogP contribution >= 0.6 is 0 Å². The lowest BCUT2D eigenvalue weighted by Gasteiger charge is -2.20. The smallest absolute Gasteiger partial charge is 0.414 e. The number of benzene rings is 3. The van der Waals surface area contributed by atoms with Gasteiger partial charge in [-0.05, 0) is 45.9 Å². The molecule has 150 valence electrons. The van der Waals surface area contributed by atoms with Crippen molar-refractivity contribution in [3.8, 4) is 11.1 Å². The van der Waals surface area contributed by atoms with Crippen molar-refractivity contribution in [3.63, 3.8) is 0 Å². The first kappa shape index (κ1) is 18.4. The quantitative estimate of drug-likeness (QED) is 0.695. The van der Waals surface area contributed by atoms with E-state index in [4.69, 9.17) is 9.84 Å². The minimum absolute atomic E-state index is 0.0155. The Kier molecular flexibility index (Phi) is 4.51. The van der Waals surface area contributed by atoms with Crippen molar-refractivity contribution < 1.29 is 19.4 Å². The first-order valence-electron chi connectivity index (χ1n) is 10.1. The Morgan fingerprint density at radius 3 is 2.30 bits per heavy atom. The average molecular weight is 399 g/mol. The van der Waals surface area contributed by atoms with Gasteiger partial charge in [-0.15, -0.1) is 0 Å². The van der Waals surface area contributed by atoms with Gasteiger partial charge in [0.2, 0.25) is 0 Å². The van der Waals surface area contributed by atoms with Crippen LogP contribution in [0.3, 0.4) is 0 Å². The van der Waals surface area contributed by atoms with E-state index in [1.54, 1.807) is 11.0 Å². The molecule has 0 fully saturated rings. The van der Waals surface area contributed by atoms with Crippen LogP contribution in [0.1, 0.15) is 28.2 Å². The van der Waals surface area contributed by atoms with Gasteiger partial charge in [-0.2, -0.15) is 0 Å². The number of nitrogens with zero attached hydrogens (tertiary/aromatic N) is 1. The fraction of sp³-hybridized carbons (Fsp3) is 0.200. The van der Waals surface area contributed by atoms with E-state index in [-0.39, 0.29) is 25.0 Å². The summed E-state index contributed by atoms with van der Waals surface area (Å²) in [5.74, 6) is -0.873. The highest BCUT2D eigenvalue weighted by Gasteiger charge is 2.31. The minimum atomic E-state index is -0.888. The van der Waals surface area contributed by atoms with Gasteiger partial charge in [-0.3, -0.25) is 9.69 Å². The molecule has 1 aliphatic heterocycles. The number of aliphatic carboxylic acids is 1. The lowest BCUT2D eigenvalue weighted by molar-refractivity contribution is -0.136. The van der Waals surface area contributed by atoms with Gasteiger partial charge >= 0.3 is 12.1 Å². The number of hydrogen-bond donors (Lipinski definition) is 1. The number of carbonyl (C=O) groups excluding carboxylic acids is 1. The molecular weight excluding hydrogens is 378 g/mol. The number of ether oxygens (including phenoxy) is 1. The molecule has 1 aliphatic carbocycles. The van der Waals surface area contributed by atoms with Crippen LogP contribution in [0.2, 0.25) is 0 Å². The molecule has 30 heavy (non-hydrogen) atoms. The van der Waals surface area contributed by atoms with E-state index in [2.05, 4.69) is 24.3 Å². The number of carboxylic acids is 1. The molecule has 0 saturated carbocycles. The van der Waals surface area contributed by atoms with E-state index in [0.717, 1.165) is 17.7 Å². The molecule has 1 N–H and O–H groups in total. The summed E-state index contributed by atoms with van der Waals surface area (Å²) >= 11 is 0. The molecule has 1 heterocycles. The average Bonchev–Trinajstić information content (AvgIpc) is 3.31. The first-order valence-corrected chi connectivity index (χ1v) is 10.1. The number of hydrogen-bond acceptors (Lipinski definition) is 3. The predicted octanol–water partition coefficient (Wildman–Crippen LogP) is 4.63. The summed E-state index contributed by atoms with van der Waals surface area (Å²) in [6.07, 6.45) is 0.293. The standard InChI is InChI=1S/C25H21NO4/c27-24(28)14-16-9-10-17-11-12-26(23(17)13-16)25(29)30-15-22-20-7-3-1-5-18(20)19-6-2-4-8-21(19)22/h1-10,13,22H,11-12,14-15H2,(H,27,28). The molecule has 3 aromatic carbocycles. The molecular formula is C25H21NO4. The van der Waals surface area contributed by atoms with Crippen molar-refractivity contribution in [2.45, 2.75) is 18.8 Å². The van der Waals surface area contributed by atoms with E-state index in [1.807, 2.05) is 36.4 Å². The maximum absolute atomic E-state index is 12.9. The highest BCUT2D eigenvalue weighted by atomic mass is 16.6. The van der Waals surface area contributed by atoms with E-state index in [1.165, 1.54) is 22.3 Å². The van der Waals surface area contributed by atoms with Crippen molar-refractivity contribution in [3.05, 3.63) is 89.0 Å². The fourth-order valence-electron chi connectivity index (χ4n) is 4.57. The lowest BCUT2D eigenvalue weighted by atomic mass is 9.98. The molecule has 5 nitrogen and oxygen atoms in total. The number of carbonyl (C=O) groups is 2. The highest BCUT2D eigenvalue weighted by molar-refractivity contribution is 5.91. The summed E-state index contributed by atoms with van der Waals surface area (Å²) in [6, 6.07) is 22.0. The van der Waals surface area contributed by atoms with Gasteiger partial charge in [0.25, 0.3) is 0 Å². The van der Waals surface area contributed by atoms with Crippen molar-refractivity contribution in [1.29, 1.82) is 0 Å². The lowest BCUT2D eigenvalue weighted by Crippen LogP contribution is -2.30. The van der Waals surface area contributed by atoms with Crippen molar-refractivity contribution in [2.24, 2.45) is 0 Å². The largest absolute Gasteiger partial charge is 0.481 e. The maximum Gasteiger partial charge on any atom is 0.414 e. The van der Waals surface area contributed by atoms with Gasteiger partial charge in [-0.1, -0.05) is 60.7 Å². The molecule has 0 bridgehead atoms. The summed E-state index contributed by atoms with van der Waals surface area (Å²) in [5.41, 5.74) is 7.22. The van der Waals surface area contributed by atoms with Crippen LogP contribution < -0.4 is 4.90 Å². The van der Waals surface area contributed by atoms with E-state index >= 15 is 0 Å². The van der Waals surface area contributed by atoms with Crippen LogP contribution in [0.15, 0.2) is 66.7 Å². The highest BCUT2D eigenvalue weighted by Crippen LogP contribution is 2.44. The van der Waals surface area contributed by atoms with Crippen LogP contribution in [0, 0.1) is 0 Å². The Morgan fingerprint density at radius 1 is 0.967 bits per heavy atom. The number of carboxylic acid groups (broad SMARTS) is 1. The molecule has 0 spiro atoms. The Bertz CT molecular complexity index is 1110. The van der Waals surface area contributed by atoms with Gasteiger partial charge in [0.1, 0.15) is 6.61 Å². The molecule has 0 radical (unpaired) electrons. The molecule has 5 heteroatoms. The SMILES string of the molecule is O=C(O)Cc1ccc2c(c1)N(C(=O)OCC1c3ccccc3-c3ccccc31)CC2. The maximum atomic E-state index is 12.9. The van der Waals surface area contributed by atoms with Gasteiger partial charge in [0.05, 0.1) is 12.1 Å². The van der Waals surface area contributed by atoms with Crippen LogP contribution in [0.4, 0.5) is 10.5 Å². The Balaban J connectivity index is 1.35. The van der Waals surface area contributed by atoms with E-state index in [0.29, 0.717) is 12.1 Å². The van der Waals surface area contributed by atoms with Gasteiger partial charge in [-0.25, -0.2) is 4.79 Å². The summed E-state index contributed by atoms with van der Waals surface area (Å²) in [4.78, 5) is 25.6. The Labute approximate surface area is 174 Å². The summed E-state index contributed by atoms with van der Waals surface area (Å²) < 4.78 is 5.77. The molecule has 0 unspecified atom stereocenters. The van der Waals surface area contributed by atoms with Crippen molar-refractivity contribution in [1.82, 2.24) is 0 Å². The van der Waals surface area contributed by atoms with Crippen LogP contribution in [0.5, 0.6) is 0 Å². The van der Waals surface area contributed by atoms with Crippen LogP contribution in [0.25, 0.3) is 11.1 Å². The molecule has 0 saturated heterocycles. The second kappa shape index (κ2) is 7.34. The molecule has 2 aliphatic rings. The molecule has 0 aromatic heterocycles. The number of rotatable bonds is 4. The number of fused-ring (bicyclic) bond motifs is 4. The van der Waals surface area contributed by atoms with E-state index in [9.17, 15) is 9.59 Å². The normalized spacial score (nSPS) is 14.2. The zero-order valence-electron chi connectivity index (χ0n) is 16.4. The molecule has 5 rings (SSSR count). The number of amides is 1. The van der Waals surface area contributed by atoms with Gasteiger partial charge < -0.3 is 9.84 Å². The topological polar surface area (TPSA) is 66.8 Å². The molecule has 1 amide bonds. The van der Waals surface area contributed by atoms with Crippen molar-refractivity contribution in [2.75, 3.05) is 18.1 Å². The Morgan fingerprint density at radius 2 is 1.63 bits per heavy atom. The van der Waals surface area contributed by atoms with Crippen LogP contribution in [-0.4, -0.2) is 30.3 Å². The summed E-state index contributed by atoms with van der Waals surface area (Å²) in [5, 5.41) is 9.05. The Hall–Kier alpha value is -3.60. The first-order chi connectivity index (χ1) is 14.6. The van der Waals surface area contributed by atoms with Gasteiger partial charge in [0.15, 0.2) is 0 Å². The fourth-order valence-corrected chi connectivity index (χ4v) is 4.57. The zero-order chi connectivity index (χ0) is 20.7. The summed E-state index contributed by atoms with van der Waals surface area (Å²) in [6.45, 7) is 0.816. The van der Waals surface area contributed by atoms with Crippen molar-refractivity contribution >= 4 is 17.7 Å². The predicted molar refractivity (Wildman–Crippen MR) is 114 cm³/mol. The third-order valence-corrected chi connectivity index (χ3v) is 5.96. The number of anilines is 1. The van der Waals surface area contributed by atoms with E-state index < -0.39 is 5.97 Å². The summed E-state index contributed by atoms with van der Waals surface area (Å²) in [7, 11) is 0. The third kappa shape index (κ3) is 3.12. The monoisotopic (exact) mass is 399 g/mol. The second-order valence-electron chi connectivity index (χ2n) is 7.74. The van der Waals surface area contributed by atoms with Crippen LogP contribution in [-0.2, 0) is 22.4 Å².